The molecule has 0 saturated heterocycles. The maximum atomic E-state index is 12.8. The molecule has 3 unspecified atom stereocenters. The predicted molar refractivity (Wildman–Crippen MR) is 80.4 cm³/mol. The van der Waals surface area contributed by atoms with Crippen LogP contribution in [0.4, 0.5) is 13.2 Å². The highest BCUT2D eigenvalue weighted by atomic mass is 79.9. The van der Waals surface area contributed by atoms with Gasteiger partial charge >= 0.3 is 6.18 Å². The van der Waals surface area contributed by atoms with E-state index in [-0.39, 0.29) is 18.8 Å². The topological polar surface area (TPSA) is 20.2 Å². The number of hydrogen-bond acceptors (Lipinski definition) is 1. The molecule has 1 fully saturated rings. The number of alkyl halides is 3. The minimum atomic E-state index is -4.16. The van der Waals surface area contributed by atoms with Gasteiger partial charge in [-0.05, 0) is 42.9 Å². The lowest BCUT2D eigenvalue weighted by molar-refractivity contribution is -0.188. The van der Waals surface area contributed by atoms with Crippen molar-refractivity contribution in [3.63, 3.8) is 0 Å². The molecule has 0 aliphatic heterocycles. The summed E-state index contributed by atoms with van der Waals surface area (Å²) >= 11 is 9.39. The quantitative estimate of drug-likeness (QED) is 0.741. The van der Waals surface area contributed by atoms with Crippen molar-refractivity contribution in [1.82, 2.24) is 0 Å². The van der Waals surface area contributed by atoms with Crippen molar-refractivity contribution in [2.45, 2.75) is 44.4 Å². The Morgan fingerprint density at radius 3 is 2.67 bits per heavy atom. The Hall–Kier alpha value is -0.260. The maximum absolute atomic E-state index is 12.8. The summed E-state index contributed by atoms with van der Waals surface area (Å²) in [6, 6.07) is 5.33. The van der Waals surface area contributed by atoms with Crippen molar-refractivity contribution in [1.29, 1.82) is 0 Å². The van der Waals surface area contributed by atoms with Gasteiger partial charge in [0.25, 0.3) is 0 Å². The van der Waals surface area contributed by atoms with Gasteiger partial charge < -0.3 is 5.11 Å². The summed E-state index contributed by atoms with van der Waals surface area (Å²) in [5.74, 6) is -1.60. The van der Waals surface area contributed by atoms with E-state index in [0.717, 1.165) is 10.0 Å². The van der Waals surface area contributed by atoms with E-state index in [1.54, 1.807) is 12.1 Å². The number of rotatable bonds is 3. The Labute approximate surface area is 135 Å². The number of hydrogen-bond donors (Lipinski definition) is 1. The van der Waals surface area contributed by atoms with Crippen molar-refractivity contribution < 1.29 is 18.3 Å². The number of aliphatic hydroxyl groups excluding tert-OH is 1. The highest BCUT2D eigenvalue weighted by Crippen LogP contribution is 2.41. The third-order valence-electron chi connectivity index (χ3n) is 4.17. The molecule has 0 radical (unpaired) electrons. The zero-order chi connectivity index (χ0) is 15.6. The van der Waals surface area contributed by atoms with Gasteiger partial charge in [0.1, 0.15) is 0 Å². The van der Waals surface area contributed by atoms with Gasteiger partial charge in [0.15, 0.2) is 0 Å². The minimum absolute atomic E-state index is 0.0127. The van der Waals surface area contributed by atoms with Gasteiger partial charge in [-0.2, -0.15) is 13.2 Å². The summed E-state index contributed by atoms with van der Waals surface area (Å²) in [6.45, 7) is 0. The zero-order valence-electron chi connectivity index (χ0n) is 11.3. The SMILES string of the molecule is OC(Cc1ccc(Br)cc1Cl)C1CCCC(C(F)(F)F)C1. The van der Waals surface area contributed by atoms with Crippen LogP contribution in [0.15, 0.2) is 22.7 Å². The lowest BCUT2D eigenvalue weighted by atomic mass is 9.77. The molecule has 0 bridgehead atoms. The Morgan fingerprint density at radius 1 is 1.33 bits per heavy atom. The van der Waals surface area contributed by atoms with E-state index >= 15 is 0 Å². The van der Waals surface area contributed by atoms with Crippen LogP contribution >= 0.6 is 27.5 Å². The fraction of sp³-hybridized carbons (Fsp3) is 0.600. The molecule has 1 aliphatic rings. The molecule has 21 heavy (non-hydrogen) atoms. The molecule has 1 saturated carbocycles. The Bertz CT molecular complexity index is 492. The van der Waals surface area contributed by atoms with Crippen molar-refractivity contribution in [2.75, 3.05) is 0 Å². The van der Waals surface area contributed by atoms with E-state index < -0.39 is 18.2 Å². The van der Waals surface area contributed by atoms with Gasteiger partial charge in [0.05, 0.1) is 12.0 Å². The van der Waals surface area contributed by atoms with E-state index in [1.165, 1.54) is 0 Å². The standard InChI is InChI=1S/C15H17BrClF3O/c16-12-5-4-9(13(17)8-12)7-14(21)10-2-1-3-11(6-10)15(18,19)20/h4-5,8,10-11,14,21H,1-3,6-7H2. The molecule has 0 aromatic heterocycles. The van der Waals surface area contributed by atoms with Crippen LogP contribution in [0.2, 0.25) is 5.02 Å². The fourth-order valence-electron chi connectivity index (χ4n) is 2.95. The van der Waals surface area contributed by atoms with E-state index in [4.69, 9.17) is 11.6 Å². The fourth-order valence-corrected chi connectivity index (χ4v) is 3.70. The molecule has 3 atom stereocenters. The average molecular weight is 386 g/mol. The number of benzene rings is 1. The second-order valence-electron chi connectivity index (χ2n) is 5.67. The van der Waals surface area contributed by atoms with Crippen LogP contribution in [0, 0.1) is 11.8 Å². The smallest absolute Gasteiger partial charge is 0.391 e. The zero-order valence-corrected chi connectivity index (χ0v) is 13.7. The molecule has 0 heterocycles. The Morgan fingerprint density at radius 2 is 2.05 bits per heavy atom. The molecular weight excluding hydrogens is 369 g/mol. The molecule has 1 nitrogen and oxygen atoms in total. The van der Waals surface area contributed by atoms with E-state index in [0.29, 0.717) is 24.3 Å². The Kier molecular flexibility index (Phi) is 5.60. The first kappa shape index (κ1) is 17.1. The van der Waals surface area contributed by atoms with Crippen molar-refractivity contribution in [3.8, 4) is 0 Å². The lowest BCUT2D eigenvalue weighted by Gasteiger charge is -2.33. The molecule has 1 aromatic rings. The van der Waals surface area contributed by atoms with Crippen LogP contribution in [0.5, 0.6) is 0 Å². The lowest BCUT2D eigenvalue weighted by Crippen LogP contribution is -2.34. The largest absolute Gasteiger partial charge is 0.392 e. The molecular formula is C15H17BrClF3O. The van der Waals surface area contributed by atoms with Crippen LogP contribution in [-0.2, 0) is 6.42 Å². The first-order chi connectivity index (χ1) is 9.77. The van der Waals surface area contributed by atoms with Crippen LogP contribution in [0.1, 0.15) is 31.2 Å². The van der Waals surface area contributed by atoms with Gasteiger partial charge in [-0.15, -0.1) is 0 Å². The number of aliphatic hydroxyl groups is 1. The number of halogens is 5. The van der Waals surface area contributed by atoms with E-state index in [2.05, 4.69) is 15.9 Å². The first-order valence-corrected chi connectivity index (χ1v) is 8.13. The third kappa shape index (κ3) is 4.60. The molecule has 1 aromatic carbocycles. The van der Waals surface area contributed by atoms with Crippen LogP contribution in [-0.4, -0.2) is 17.4 Å². The predicted octanol–water partition coefficient (Wildman–Crippen LogP) is 5.37. The highest BCUT2D eigenvalue weighted by Gasteiger charge is 2.43. The monoisotopic (exact) mass is 384 g/mol. The van der Waals surface area contributed by atoms with Gasteiger partial charge in [0, 0.05) is 15.9 Å². The Balaban J connectivity index is 2.01. The molecule has 1 N–H and O–H groups in total. The van der Waals surface area contributed by atoms with Gasteiger partial charge in [0.2, 0.25) is 0 Å². The van der Waals surface area contributed by atoms with Crippen molar-refractivity contribution in [3.05, 3.63) is 33.3 Å². The van der Waals surface area contributed by atoms with Crippen molar-refractivity contribution >= 4 is 27.5 Å². The third-order valence-corrected chi connectivity index (χ3v) is 5.01. The summed E-state index contributed by atoms with van der Waals surface area (Å²) in [5, 5.41) is 10.8. The second kappa shape index (κ2) is 6.88. The summed E-state index contributed by atoms with van der Waals surface area (Å²) < 4.78 is 39.3. The van der Waals surface area contributed by atoms with Crippen LogP contribution < -0.4 is 0 Å². The van der Waals surface area contributed by atoms with Crippen molar-refractivity contribution in [2.24, 2.45) is 11.8 Å². The normalized spacial score (nSPS) is 24.9. The second-order valence-corrected chi connectivity index (χ2v) is 7.00. The van der Waals surface area contributed by atoms with Crippen LogP contribution in [0.25, 0.3) is 0 Å². The highest BCUT2D eigenvalue weighted by molar-refractivity contribution is 9.10. The van der Waals surface area contributed by atoms with E-state index in [9.17, 15) is 18.3 Å². The summed E-state index contributed by atoms with van der Waals surface area (Å²) in [4.78, 5) is 0. The van der Waals surface area contributed by atoms with E-state index in [1.807, 2.05) is 6.07 Å². The minimum Gasteiger partial charge on any atom is -0.392 e. The molecule has 0 spiro atoms. The summed E-state index contributed by atoms with van der Waals surface area (Å²) in [6.07, 6.45) is -3.31. The summed E-state index contributed by atoms with van der Waals surface area (Å²) in [5.41, 5.74) is 0.765. The first-order valence-electron chi connectivity index (χ1n) is 6.96. The molecule has 6 heteroatoms. The summed E-state index contributed by atoms with van der Waals surface area (Å²) in [7, 11) is 0. The van der Waals surface area contributed by atoms with Gasteiger partial charge in [-0.3, -0.25) is 0 Å². The molecule has 2 rings (SSSR count). The maximum Gasteiger partial charge on any atom is 0.391 e. The van der Waals surface area contributed by atoms with Gasteiger partial charge in [-0.1, -0.05) is 40.0 Å². The van der Waals surface area contributed by atoms with Gasteiger partial charge in [-0.25, -0.2) is 0 Å². The average Bonchev–Trinajstić information content (AvgIpc) is 2.41. The van der Waals surface area contributed by atoms with Crippen LogP contribution in [0.3, 0.4) is 0 Å². The molecule has 118 valence electrons. The molecule has 0 amide bonds. The molecule has 1 aliphatic carbocycles.